The largest absolute Gasteiger partial charge is 0.461 e. The van der Waals surface area contributed by atoms with Crippen LogP contribution in [0.3, 0.4) is 0 Å². The fourth-order valence-corrected chi connectivity index (χ4v) is 3.49. The minimum atomic E-state index is -0.538. The van der Waals surface area contributed by atoms with Crippen LogP contribution in [0, 0.1) is 5.41 Å². The van der Waals surface area contributed by atoms with E-state index < -0.39 is 5.97 Å². The molecule has 34 heavy (non-hydrogen) atoms. The maximum atomic E-state index is 12.1. The van der Waals surface area contributed by atoms with E-state index in [1.807, 2.05) is 54.6 Å². The van der Waals surface area contributed by atoms with Crippen molar-refractivity contribution in [3.8, 4) is 33.9 Å². The highest BCUT2D eigenvalue weighted by Crippen LogP contribution is 2.34. The summed E-state index contributed by atoms with van der Waals surface area (Å²) in [4.78, 5) is 20.6. The number of rotatable bonds is 7. The molecule has 0 aliphatic rings. The van der Waals surface area contributed by atoms with E-state index in [9.17, 15) is 4.79 Å². The number of anilines is 1. The zero-order valence-corrected chi connectivity index (χ0v) is 18.5. The van der Waals surface area contributed by atoms with Gasteiger partial charge in [-0.15, -0.1) is 0 Å². The SMILES string of the molecule is CCOC(=O)c1cc(-c2ncc(-c3ccc(Oc4ccccc4)cc3)c(C(=N)N)c2N)ccn1. The highest BCUT2D eigenvalue weighted by Gasteiger charge is 2.19. The van der Waals surface area contributed by atoms with Gasteiger partial charge in [0.1, 0.15) is 23.0 Å². The molecule has 8 nitrogen and oxygen atoms in total. The Labute approximate surface area is 196 Å². The monoisotopic (exact) mass is 453 g/mol. The lowest BCUT2D eigenvalue weighted by Crippen LogP contribution is -2.16. The maximum Gasteiger partial charge on any atom is 0.356 e. The van der Waals surface area contributed by atoms with Crippen LogP contribution in [0.5, 0.6) is 11.5 Å². The van der Waals surface area contributed by atoms with E-state index >= 15 is 0 Å². The van der Waals surface area contributed by atoms with Gasteiger partial charge in [-0.25, -0.2) is 9.78 Å². The van der Waals surface area contributed by atoms with Crippen LogP contribution in [0.1, 0.15) is 23.0 Å². The van der Waals surface area contributed by atoms with E-state index in [4.69, 9.17) is 26.4 Å². The Kier molecular flexibility index (Phi) is 6.49. The zero-order valence-electron chi connectivity index (χ0n) is 18.5. The van der Waals surface area contributed by atoms with Crippen molar-refractivity contribution in [1.82, 2.24) is 9.97 Å². The molecule has 0 atom stereocenters. The Morgan fingerprint density at radius 2 is 1.68 bits per heavy atom. The van der Waals surface area contributed by atoms with E-state index in [-0.39, 0.29) is 23.8 Å². The van der Waals surface area contributed by atoms with Crippen molar-refractivity contribution in [2.24, 2.45) is 5.73 Å². The Morgan fingerprint density at radius 1 is 0.971 bits per heavy atom. The summed E-state index contributed by atoms with van der Waals surface area (Å²) >= 11 is 0. The van der Waals surface area contributed by atoms with Gasteiger partial charge in [0, 0.05) is 23.5 Å². The lowest BCUT2D eigenvalue weighted by atomic mass is 9.97. The molecule has 0 saturated heterocycles. The number of benzene rings is 2. The lowest BCUT2D eigenvalue weighted by Gasteiger charge is -2.15. The van der Waals surface area contributed by atoms with Crippen LogP contribution < -0.4 is 16.2 Å². The Balaban J connectivity index is 1.69. The van der Waals surface area contributed by atoms with Crippen LogP contribution in [-0.2, 0) is 4.74 Å². The van der Waals surface area contributed by atoms with E-state index in [1.54, 1.807) is 25.3 Å². The third-order valence-corrected chi connectivity index (χ3v) is 5.05. The minimum Gasteiger partial charge on any atom is -0.461 e. The second kappa shape index (κ2) is 9.83. The molecule has 4 aromatic rings. The fourth-order valence-electron chi connectivity index (χ4n) is 3.49. The van der Waals surface area contributed by atoms with Crippen molar-refractivity contribution in [2.75, 3.05) is 12.3 Å². The summed E-state index contributed by atoms with van der Waals surface area (Å²) in [6.45, 7) is 1.96. The average Bonchev–Trinajstić information content (AvgIpc) is 2.85. The predicted octanol–water partition coefficient (Wildman–Crippen LogP) is 4.65. The summed E-state index contributed by atoms with van der Waals surface area (Å²) in [6, 6.07) is 20.1. The van der Waals surface area contributed by atoms with Crippen molar-refractivity contribution in [1.29, 1.82) is 5.41 Å². The zero-order chi connectivity index (χ0) is 24.1. The molecule has 0 bridgehead atoms. The van der Waals surface area contributed by atoms with Crippen LogP contribution in [0.4, 0.5) is 5.69 Å². The van der Waals surface area contributed by atoms with E-state index in [1.165, 1.54) is 6.20 Å². The van der Waals surface area contributed by atoms with Crippen LogP contribution >= 0.6 is 0 Å². The number of aromatic nitrogens is 2. The van der Waals surface area contributed by atoms with Crippen LogP contribution in [0.25, 0.3) is 22.4 Å². The van der Waals surface area contributed by atoms with Gasteiger partial charge in [0.05, 0.1) is 23.6 Å². The number of hydrogen-bond acceptors (Lipinski definition) is 7. The van der Waals surface area contributed by atoms with Crippen molar-refractivity contribution in [3.63, 3.8) is 0 Å². The number of nitrogens with one attached hydrogen (secondary N) is 1. The van der Waals surface area contributed by atoms with Crippen molar-refractivity contribution < 1.29 is 14.3 Å². The van der Waals surface area contributed by atoms with Gasteiger partial charge in [-0.3, -0.25) is 10.4 Å². The fraction of sp³-hybridized carbons (Fsp3) is 0.0769. The van der Waals surface area contributed by atoms with E-state index in [0.717, 1.165) is 11.3 Å². The first-order valence-corrected chi connectivity index (χ1v) is 10.6. The van der Waals surface area contributed by atoms with Crippen LogP contribution in [0.2, 0.25) is 0 Å². The number of amidine groups is 1. The topological polar surface area (TPSA) is 137 Å². The molecule has 2 aromatic heterocycles. The summed E-state index contributed by atoms with van der Waals surface area (Å²) in [6.07, 6.45) is 3.09. The summed E-state index contributed by atoms with van der Waals surface area (Å²) in [5.41, 5.74) is 15.4. The highest BCUT2D eigenvalue weighted by molar-refractivity contribution is 6.08. The van der Waals surface area contributed by atoms with Gasteiger partial charge in [-0.1, -0.05) is 30.3 Å². The quantitative estimate of drug-likeness (QED) is 0.210. The van der Waals surface area contributed by atoms with Gasteiger partial charge in [0.2, 0.25) is 0 Å². The smallest absolute Gasteiger partial charge is 0.356 e. The molecule has 170 valence electrons. The second-order valence-corrected chi connectivity index (χ2v) is 7.31. The Bertz CT molecular complexity index is 1340. The number of nitrogens with zero attached hydrogens (tertiary/aromatic N) is 2. The number of ether oxygens (including phenoxy) is 2. The number of esters is 1. The molecule has 4 rings (SSSR count). The first-order chi connectivity index (χ1) is 16.5. The van der Waals surface area contributed by atoms with E-state index in [2.05, 4.69) is 9.97 Å². The molecule has 2 aromatic carbocycles. The molecule has 0 radical (unpaired) electrons. The lowest BCUT2D eigenvalue weighted by molar-refractivity contribution is 0.0519. The van der Waals surface area contributed by atoms with Crippen molar-refractivity contribution >= 4 is 17.5 Å². The van der Waals surface area contributed by atoms with E-state index in [0.29, 0.717) is 28.1 Å². The van der Waals surface area contributed by atoms with Crippen molar-refractivity contribution in [3.05, 3.63) is 90.4 Å². The number of nitrogen functional groups attached to an aromatic ring is 2. The standard InChI is InChI=1S/C26H23N5O3/c1-2-33-26(32)21-14-17(12-13-30-21)24-23(27)22(25(28)29)20(15-31-24)16-8-10-19(11-9-16)34-18-6-4-3-5-7-18/h3-15H,2,27H2,1H3,(H3,28,29). The summed E-state index contributed by atoms with van der Waals surface area (Å²) < 4.78 is 10.9. The molecule has 0 aliphatic heterocycles. The summed E-state index contributed by atoms with van der Waals surface area (Å²) in [7, 11) is 0. The predicted molar refractivity (Wildman–Crippen MR) is 131 cm³/mol. The molecular formula is C26H23N5O3. The molecule has 2 heterocycles. The van der Waals surface area contributed by atoms with Gasteiger partial charge in [0.15, 0.2) is 0 Å². The van der Waals surface area contributed by atoms with Gasteiger partial charge >= 0.3 is 5.97 Å². The molecule has 0 aliphatic carbocycles. The number of pyridine rings is 2. The molecule has 0 fully saturated rings. The number of para-hydroxylation sites is 1. The number of hydrogen-bond donors (Lipinski definition) is 3. The van der Waals surface area contributed by atoms with Crippen LogP contribution in [0.15, 0.2) is 79.1 Å². The van der Waals surface area contributed by atoms with Gasteiger partial charge in [-0.05, 0) is 48.9 Å². The Morgan fingerprint density at radius 3 is 2.35 bits per heavy atom. The first-order valence-electron chi connectivity index (χ1n) is 10.6. The minimum absolute atomic E-state index is 0.142. The number of carbonyl (C=O) groups is 1. The number of nitrogens with two attached hydrogens (primary N) is 2. The molecule has 5 N–H and O–H groups in total. The molecule has 0 spiro atoms. The van der Waals surface area contributed by atoms with Gasteiger partial charge in [-0.2, -0.15) is 0 Å². The number of carbonyl (C=O) groups excluding carboxylic acids is 1. The van der Waals surface area contributed by atoms with Gasteiger partial charge in [0.25, 0.3) is 0 Å². The third-order valence-electron chi connectivity index (χ3n) is 5.05. The molecule has 0 saturated carbocycles. The molecule has 0 amide bonds. The molecular weight excluding hydrogens is 430 g/mol. The average molecular weight is 454 g/mol. The summed E-state index contributed by atoms with van der Waals surface area (Å²) in [5.74, 6) is 0.666. The Hall–Kier alpha value is -4.72. The molecule has 0 unspecified atom stereocenters. The maximum absolute atomic E-state index is 12.1. The first kappa shape index (κ1) is 22.5. The van der Waals surface area contributed by atoms with Crippen molar-refractivity contribution in [2.45, 2.75) is 6.92 Å². The van der Waals surface area contributed by atoms with Crippen LogP contribution in [-0.4, -0.2) is 28.4 Å². The second-order valence-electron chi connectivity index (χ2n) is 7.31. The summed E-state index contributed by atoms with van der Waals surface area (Å²) in [5, 5.41) is 8.14. The molecule has 8 heteroatoms. The third kappa shape index (κ3) is 4.71. The van der Waals surface area contributed by atoms with Gasteiger partial charge < -0.3 is 20.9 Å². The normalized spacial score (nSPS) is 10.5. The highest BCUT2D eigenvalue weighted by atomic mass is 16.5.